The molecule has 1 aliphatic rings. The van der Waals surface area contributed by atoms with Crippen molar-refractivity contribution in [2.45, 2.75) is 6.10 Å². The number of hydrogen-bond acceptors (Lipinski definition) is 3. The van der Waals surface area contributed by atoms with Crippen molar-refractivity contribution in [1.29, 1.82) is 0 Å². The lowest BCUT2D eigenvalue weighted by Crippen LogP contribution is -2.46. The Bertz CT molecular complexity index is 635. The Balaban J connectivity index is 1.92. The summed E-state index contributed by atoms with van der Waals surface area (Å²) in [5.74, 6) is 0.00329. The number of benzene rings is 1. The molecule has 0 spiro atoms. The maximum atomic E-state index is 12.7. The zero-order valence-electron chi connectivity index (χ0n) is 11.5. The van der Waals surface area contributed by atoms with Gasteiger partial charge in [-0.05, 0) is 6.07 Å². The van der Waals surface area contributed by atoms with Crippen LogP contribution in [-0.2, 0) is 11.8 Å². The third-order valence-corrected chi connectivity index (χ3v) is 3.76. The zero-order chi connectivity index (χ0) is 14.1. The molecule has 1 aromatic heterocycles. The van der Waals surface area contributed by atoms with E-state index in [2.05, 4.69) is 0 Å². The first-order valence-electron chi connectivity index (χ1n) is 6.76. The summed E-state index contributed by atoms with van der Waals surface area (Å²) in [7, 11) is 1.94. The number of aliphatic hydroxyl groups excluding tert-OH is 1. The number of ether oxygens (including phenoxy) is 1. The Kier molecular flexibility index (Phi) is 3.46. The van der Waals surface area contributed by atoms with Gasteiger partial charge in [-0.2, -0.15) is 0 Å². The highest BCUT2D eigenvalue weighted by Crippen LogP contribution is 2.22. The SMILES string of the molecule is Cn1cc(C(=O)N2CCOC(CO)C2)c2ccccc21. The molecule has 1 unspecified atom stereocenters. The molecule has 5 nitrogen and oxygen atoms in total. The van der Waals surface area contributed by atoms with Crippen LogP contribution in [0.2, 0.25) is 0 Å². The summed E-state index contributed by atoms with van der Waals surface area (Å²) in [6, 6.07) is 7.87. The number of aliphatic hydroxyl groups is 1. The number of aryl methyl sites for hydroxylation is 1. The van der Waals surface area contributed by atoms with E-state index in [4.69, 9.17) is 9.84 Å². The van der Waals surface area contributed by atoms with Crippen LogP contribution in [0.4, 0.5) is 0 Å². The summed E-state index contributed by atoms with van der Waals surface area (Å²) in [5, 5.41) is 10.1. The highest BCUT2D eigenvalue weighted by atomic mass is 16.5. The van der Waals surface area contributed by atoms with Gasteiger partial charge in [-0.25, -0.2) is 0 Å². The van der Waals surface area contributed by atoms with Crippen LogP contribution in [0, 0.1) is 0 Å². The molecule has 1 N–H and O–H groups in total. The lowest BCUT2D eigenvalue weighted by atomic mass is 10.1. The molecular weight excluding hydrogens is 256 g/mol. The summed E-state index contributed by atoms with van der Waals surface area (Å²) in [5.41, 5.74) is 1.75. The van der Waals surface area contributed by atoms with Crippen molar-refractivity contribution in [3.63, 3.8) is 0 Å². The second-order valence-corrected chi connectivity index (χ2v) is 5.10. The fourth-order valence-corrected chi connectivity index (χ4v) is 2.70. The number of fused-ring (bicyclic) bond motifs is 1. The molecule has 20 heavy (non-hydrogen) atoms. The molecule has 1 aromatic carbocycles. The molecule has 1 aliphatic heterocycles. The summed E-state index contributed by atoms with van der Waals surface area (Å²) in [4.78, 5) is 14.4. The van der Waals surface area contributed by atoms with E-state index in [0.717, 1.165) is 10.9 Å². The standard InChI is InChI=1S/C15H18N2O3/c1-16-9-13(12-4-2-3-5-14(12)16)15(19)17-6-7-20-11(8-17)10-18/h2-5,9,11,18H,6-8,10H2,1H3. The van der Waals surface area contributed by atoms with E-state index >= 15 is 0 Å². The van der Waals surface area contributed by atoms with Crippen molar-refractivity contribution >= 4 is 16.8 Å². The minimum Gasteiger partial charge on any atom is -0.394 e. The normalized spacial score (nSPS) is 19.5. The minimum atomic E-state index is -0.275. The summed E-state index contributed by atoms with van der Waals surface area (Å²) < 4.78 is 7.35. The lowest BCUT2D eigenvalue weighted by Gasteiger charge is -2.32. The quantitative estimate of drug-likeness (QED) is 0.889. The highest BCUT2D eigenvalue weighted by molar-refractivity contribution is 6.07. The molecule has 1 saturated heterocycles. The maximum absolute atomic E-state index is 12.7. The molecule has 3 rings (SSSR count). The number of aromatic nitrogens is 1. The Morgan fingerprint density at radius 1 is 1.45 bits per heavy atom. The van der Waals surface area contributed by atoms with Crippen molar-refractivity contribution in [2.75, 3.05) is 26.3 Å². The van der Waals surface area contributed by atoms with E-state index < -0.39 is 0 Å². The topological polar surface area (TPSA) is 54.7 Å². The molecule has 5 heteroatoms. The van der Waals surface area contributed by atoms with Gasteiger partial charge < -0.3 is 19.3 Å². The second-order valence-electron chi connectivity index (χ2n) is 5.10. The molecule has 0 radical (unpaired) electrons. The summed E-state index contributed by atoms with van der Waals surface area (Å²) >= 11 is 0. The maximum Gasteiger partial charge on any atom is 0.256 e. The molecule has 0 bridgehead atoms. The Labute approximate surface area is 117 Å². The first-order chi connectivity index (χ1) is 9.70. The smallest absolute Gasteiger partial charge is 0.256 e. The number of para-hydroxylation sites is 1. The molecule has 1 amide bonds. The first-order valence-corrected chi connectivity index (χ1v) is 6.76. The zero-order valence-corrected chi connectivity index (χ0v) is 11.5. The van der Waals surface area contributed by atoms with E-state index in [9.17, 15) is 4.79 Å². The van der Waals surface area contributed by atoms with Gasteiger partial charge in [0.05, 0.1) is 24.9 Å². The van der Waals surface area contributed by atoms with Crippen molar-refractivity contribution in [3.8, 4) is 0 Å². The van der Waals surface area contributed by atoms with E-state index in [1.165, 1.54) is 0 Å². The lowest BCUT2D eigenvalue weighted by molar-refractivity contribution is -0.0446. The van der Waals surface area contributed by atoms with Crippen LogP contribution in [0.15, 0.2) is 30.5 Å². The van der Waals surface area contributed by atoms with Gasteiger partial charge in [-0.3, -0.25) is 4.79 Å². The third-order valence-electron chi connectivity index (χ3n) is 3.76. The van der Waals surface area contributed by atoms with Gasteiger partial charge in [0.15, 0.2) is 0 Å². The predicted molar refractivity (Wildman–Crippen MR) is 75.6 cm³/mol. The molecule has 1 atom stereocenters. The number of morpholine rings is 1. The van der Waals surface area contributed by atoms with Crippen LogP contribution in [0.5, 0.6) is 0 Å². The van der Waals surface area contributed by atoms with E-state index in [0.29, 0.717) is 25.3 Å². The predicted octanol–water partition coefficient (Wildman–Crippen LogP) is 1.01. The number of carbonyl (C=O) groups excluding carboxylic acids is 1. The Morgan fingerprint density at radius 2 is 2.25 bits per heavy atom. The van der Waals surface area contributed by atoms with Gasteiger partial charge in [-0.1, -0.05) is 18.2 Å². The molecule has 1 fully saturated rings. The van der Waals surface area contributed by atoms with Crippen molar-refractivity contribution < 1.29 is 14.6 Å². The van der Waals surface area contributed by atoms with Crippen LogP contribution in [0.3, 0.4) is 0 Å². The number of carbonyl (C=O) groups is 1. The van der Waals surface area contributed by atoms with Crippen LogP contribution >= 0.6 is 0 Å². The van der Waals surface area contributed by atoms with Gasteiger partial charge in [-0.15, -0.1) is 0 Å². The average Bonchev–Trinajstić information content (AvgIpc) is 2.84. The van der Waals surface area contributed by atoms with Gasteiger partial charge in [0.1, 0.15) is 0 Å². The molecular formula is C15H18N2O3. The molecule has 2 heterocycles. The van der Waals surface area contributed by atoms with Crippen molar-refractivity contribution in [1.82, 2.24) is 9.47 Å². The van der Waals surface area contributed by atoms with Crippen LogP contribution < -0.4 is 0 Å². The Morgan fingerprint density at radius 3 is 3.05 bits per heavy atom. The number of rotatable bonds is 2. The number of amides is 1. The average molecular weight is 274 g/mol. The molecule has 0 saturated carbocycles. The fraction of sp³-hybridized carbons (Fsp3) is 0.400. The van der Waals surface area contributed by atoms with Gasteiger partial charge in [0.25, 0.3) is 5.91 Å². The largest absolute Gasteiger partial charge is 0.394 e. The van der Waals surface area contributed by atoms with Crippen LogP contribution in [0.1, 0.15) is 10.4 Å². The molecule has 0 aliphatic carbocycles. The van der Waals surface area contributed by atoms with E-state index in [1.54, 1.807) is 4.90 Å². The number of hydrogen-bond donors (Lipinski definition) is 1. The second kappa shape index (κ2) is 5.26. The van der Waals surface area contributed by atoms with Crippen LogP contribution in [-0.4, -0.2) is 52.9 Å². The highest BCUT2D eigenvalue weighted by Gasteiger charge is 2.26. The first kappa shape index (κ1) is 13.1. The fourth-order valence-electron chi connectivity index (χ4n) is 2.70. The monoisotopic (exact) mass is 274 g/mol. The van der Waals surface area contributed by atoms with Gasteiger partial charge in [0.2, 0.25) is 0 Å². The van der Waals surface area contributed by atoms with Gasteiger partial charge in [0, 0.05) is 37.2 Å². The Hall–Kier alpha value is -1.85. The third kappa shape index (κ3) is 2.19. The van der Waals surface area contributed by atoms with E-state index in [-0.39, 0.29) is 18.6 Å². The van der Waals surface area contributed by atoms with Gasteiger partial charge >= 0.3 is 0 Å². The molecule has 106 valence electrons. The van der Waals surface area contributed by atoms with Crippen LogP contribution in [0.25, 0.3) is 10.9 Å². The van der Waals surface area contributed by atoms with Crippen molar-refractivity contribution in [3.05, 3.63) is 36.0 Å². The molecule has 2 aromatic rings. The minimum absolute atomic E-state index is 0.00329. The number of nitrogens with zero attached hydrogens (tertiary/aromatic N) is 2. The summed E-state index contributed by atoms with van der Waals surface area (Å²) in [6.07, 6.45) is 1.60. The van der Waals surface area contributed by atoms with Crippen molar-refractivity contribution in [2.24, 2.45) is 7.05 Å². The summed E-state index contributed by atoms with van der Waals surface area (Å²) in [6.45, 7) is 1.43. The van der Waals surface area contributed by atoms with E-state index in [1.807, 2.05) is 42.1 Å².